The maximum atomic E-state index is 12.9. The number of halogens is 1. The molecule has 4 heterocycles. The molecule has 380 valence electrons. The molecule has 2 aromatic carbocycles. The van der Waals surface area contributed by atoms with Crippen LogP contribution in [0.3, 0.4) is 0 Å². The predicted octanol–water partition coefficient (Wildman–Crippen LogP) is 6.07. The lowest BCUT2D eigenvalue weighted by atomic mass is 10.2. The summed E-state index contributed by atoms with van der Waals surface area (Å²) < 4.78 is 33.3. The van der Waals surface area contributed by atoms with Gasteiger partial charge in [-0.25, -0.2) is 19.7 Å². The molecule has 5 amide bonds. The molecule has 4 N–H and O–H groups in total. The maximum Gasteiger partial charge on any atom is 0.328 e. The lowest BCUT2D eigenvalue weighted by Crippen LogP contribution is -2.49. The van der Waals surface area contributed by atoms with Crippen LogP contribution in [0.15, 0.2) is 54.7 Å². The monoisotopic (exact) mass is 1010 g/mol. The summed E-state index contributed by atoms with van der Waals surface area (Å²) in [7, 11) is 0. The summed E-state index contributed by atoms with van der Waals surface area (Å²) in [6, 6.07) is 13.7. The van der Waals surface area contributed by atoms with E-state index < -0.39 is 6.03 Å². The number of aromatic nitrogens is 3. The summed E-state index contributed by atoms with van der Waals surface area (Å²) in [6.07, 6.45) is 6.27. The number of ether oxygens (including phenoxy) is 6. The van der Waals surface area contributed by atoms with Gasteiger partial charge in [0.15, 0.2) is 5.13 Å². The van der Waals surface area contributed by atoms with Crippen LogP contribution in [0.5, 0.6) is 0 Å². The van der Waals surface area contributed by atoms with E-state index in [1.165, 1.54) is 22.7 Å². The fourth-order valence-electron chi connectivity index (χ4n) is 7.38. The Morgan fingerprint density at radius 1 is 0.743 bits per heavy atom. The number of nitrogens with zero attached hydrogens (tertiary/aromatic N) is 6. The second-order valence-electron chi connectivity index (χ2n) is 16.4. The first kappa shape index (κ1) is 54.0. The molecule has 70 heavy (non-hydrogen) atoms. The van der Waals surface area contributed by atoms with Gasteiger partial charge in [0.25, 0.3) is 5.91 Å². The average molecular weight is 1010 g/mol. The third kappa shape index (κ3) is 18.8. The van der Waals surface area contributed by atoms with E-state index in [1.807, 2.05) is 32.0 Å². The molecule has 0 saturated carbocycles. The van der Waals surface area contributed by atoms with Crippen LogP contribution >= 0.6 is 22.9 Å². The minimum atomic E-state index is -0.461. The van der Waals surface area contributed by atoms with Crippen LogP contribution in [0, 0.1) is 13.8 Å². The molecule has 2 aliphatic rings. The molecule has 4 aromatic rings. The van der Waals surface area contributed by atoms with Crippen LogP contribution < -0.4 is 31.1 Å². The number of nitrogens with one attached hydrogen (secondary N) is 4. The van der Waals surface area contributed by atoms with Crippen molar-refractivity contribution in [2.24, 2.45) is 0 Å². The van der Waals surface area contributed by atoms with Gasteiger partial charge < -0.3 is 49.3 Å². The Hall–Kier alpha value is -5.36. The van der Waals surface area contributed by atoms with Crippen molar-refractivity contribution in [1.82, 2.24) is 25.2 Å². The molecule has 0 spiro atoms. The number of hydrogen-bond acceptors (Lipinski definition) is 17. The Morgan fingerprint density at radius 2 is 1.39 bits per heavy atom. The summed E-state index contributed by atoms with van der Waals surface area (Å²) in [5, 5.41) is 12.2. The number of thiazole rings is 1. The Balaban J connectivity index is 0.676. The highest BCUT2D eigenvalue weighted by molar-refractivity contribution is 7.17. The van der Waals surface area contributed by atoms with Crippen molar-refractivity contribution in [2.45, 2.75) is 46.0 Å². The molecule has 0 atom stereocenters. The SMILES string of the molecule is Cc1nc(Nc2ncc(C(=O)Nc3c(C)cccc3Cl)s2)cc(N2CCN(CCCCCCOCCOCCOCCOCCOCCOCC(=O)Nc3ccc(N4CCC(=O)NC4=O)cc3)CC2)n1. The Morgan fingerprint density at radius 3 is 2.04 bits per heavy atom. The molecular formula is C48H65ClN10O10S. The zero-order valence-electron chi connectivity index (χ0n) is 40.0. The zero-order chi connectivity index (χ0) is 49.3. The number of aryl methyl sites for hydroxylation is 2. The summed E-state index contributed by atoms with van der Waals surface area (Å²) in [4.78, 5) is 68.9. The van der Waals surface area contributed by atoms with Crippen LogP contribution in [0.1, 0.15) is 53.2 Å². The number of urea groups is 1. The lowest BCUT2D eigenvalue weighted by molar-refractivity contribution is -0.121. The van der Waals surface area contributed by atoms with Gasteiger partial charge in [0.2, 0.25) is 11.8 Å². The summed E-state index contributed by atoms with van der Waals surface area (Å²) in [5.74, 6) is 1.29. The molecule has 2 aromatic heterocycles. The van der Waals surface area contributed by atoms with Crippen LogP contribution in [-0.4, -0.2) is 162 Å². The van der Waals surface area contributed by atoms with E-state index in [2.05, 4.69) is 41.0 Å². The van der Waals surface area contributed by atoms with E-state index in [1.54, 1.807) is 36.5 Å². The van der Waals surface area contributed by atoms with Gasteiger partial charge in [-0.3, -0.25) is 29.5 Å². The van der Waals surface area contributed by atoms with Crippen molar-refractivity contribution in [3.63, 3.8) is 0 Å². The second-order valence-corrected chi connectivity index (χ2v) is 17.8. The van der Waals surface area contributed by atoms with Gasteiger partial charge in [-0.05, 0) is 69.1 Å². The third-order valence-electron chi connectivity index (χ3n) is 11.1. The molecule has 6 rings (SSSR count). The first-order valence-electron chi connectivity index (χ1n) is 23.7. The minimum absolute atomic E-state index is 0.123. The summed E-state index contributed by atoms with van der Waals surface area (Å²) in [6.45, 7) is 13.9. The van der Waals surface area contributed by atoms with Crippen molar-refractivity contribution in [1.29, 1.82) is 0 Å². The van der Waals surface area contributed by atoms with Crippen molar-refractivity contribution in [2.75, 3.05) is 144 Å². The van der Waals surface area contributed by atoms with Crippen LogP contribution in [0.2, 0.25) is 5.02 Å². The second kappa shape index (κ2) is 29.7. The fourth-order valence-corrected chi connectivity index (χ4v) is 8.37. The van der Waals surface area contributed by atoms with Crippen molar-refractivity contribution in [3.8, 4) is 0 Å². The average Bonchev–Trinajstić information content (AvgIpc) is 3.82. The molecule has 2 fully saturated rings. The van der Waals surface area contributed by atoms with Gasteiger partial charge in [-0.1, -0.05) is 47.9 Å². The number of carbonyl (C=O) groups excluding carboxylic acids is 4. The first-order chi connectivity index (χ1) is 34.1. The van der Waals surface area contributed by atoms with Gasteiger partial charge in [0, 0.05) is 63.2 Å². The smallest absolute Gasteiger partial charge is 0.328 e. The van der Waals surface area contributed by atoms with E-state index in [-0.39, 0.29) is 37.4 Å². The van der Waals surface area contributed by atoms with Crippen LogP contribution in [0.4, 0.5) is 38.6 Å². The topological polar surface area (TPSA) is 220 Å². The number of anilines is 6. The number of amides is 5. The van der Waals surface area contributed by atoms with Crippen LogP contribution in [-0.2, 0) is 38.0 Å². The molecule has 2 saturated heterocycles. The number of para-hydroxylation sites is 1. The Bertz CT molecular complexity index is 2250. The van der Waals surface area contributed by atoms with E-state index >= 15 is 0 Å². The number of piperazine rings is 1. The molecule has 0 radical (unpaired) electrons. The Kier molecular flexibility index (Phi) is 22.9. The zero-order valence-corrected chi connectivity index (χ0v) is 41.6. The van der Waals surface area contributed by atoms with Gasteiger partial charge >= 0.3 is 6.03 Å². The van der Waals surface area contributed by atoms with Crippen molar-refractivity contribution < 1.29 is 47.6 Å². The van der Waals surface area contributed by atoms with Gasteiger partial charge in [-0.15, -0.1) is 0 Å². The standard InChI is InChI=1S/C48H65ClN10O10S/c1-35-8-7-9-39(49)45(35)56-46(62)40-33-50-47(70-40)54-41-32-42(52-36(2)51-41)58-19-17-57(18-20-58)15-5-3-4-6-21-64-22-23-65-24-25-66-26-27-67-28-29-68-30-31-69-34-44(61)53-37-10-12-38(13-11-37)59-16-14-43(60)55-48(59)63/h7-13,32-33H,3-6,14-31,34H2,1-2H3,(H,53,61)(H,56,62)(H,55,60,63)(H,50,51,52,54). The number of hydrogen-bond donors (Lipinski definition) is 4. The highest BCUT2D eigenvalue weighted by Crippen LogP contribution is 2.29. The van der Waals surface area contributed by atoms with E-state index in [0.29, 0.717) is 110 Å². The van der Waals surface area contributed by atoms with Crippen molar-refractivity contribution in [3.05, 3.63) is 76.0 Å². The number of rotatable bonds is 31. The summed E-state index contributed by atoms with van der Waals surface area (Å²) in [5.41, 5.74) is 2.68. The normalized spacial score (nSPS) is 14.2. The van der Waals surface area contributed by atoms with E-state index in [0.717, 1.165) is 70.0 Å². The van der Waals surface area contributed by atoms with Crippen molar-refractivity contribution >= 4 is 80.5 Å². The number of unbranched alkanes of at least 4 members (excludes halogenated alkanes) is 3. The predicted molar refractivity (Wildman–Crippen MR) is 269 cm³/mol. The molecule has 0 bridgehead atoms. The Labute approximate surface area is 418 Å². The number of carbonyl (C=O) groups is 4. The molecule has 0 aliphatic carbocycles. The first-order valence-corrected chi connectivity index (χ1v) is 24.9. The minimum Gasteiger partial charge on any atom is -0.379 e. The van der Waals surface area contributed by atoms with Gasteiger partial charge in [0.1, 0.15) is 28.9 Å². The van der Waals surface area contributed by atoms with E-state index in [9.17, 15) is 19.2 Å². The highest BCUT2D eigenvalue weighted by Gasteiger charge is 2.24. The quantitative estimate of drug-likeness (QED) is 0.0421. The number of imide groups is 1. The van der Waals surface area contributed by atoms with E-state index in [4.69, 9.17) is 45.0 Å². The lowest BCUT2D eigenvalue weighted by Gasteiger charge is -2.35. The molecular weight excluding hydrogens is 944 g/mol. The molecule has 22 heteroatoms. The molecule has 20 nitrogen and oxygen atoms in total. The molecule has 0 unspecified atom stereocenters. The van der Waals surface area contributed by atoms with Crippen LogP contribution in [0.25, 0.3) is 0 Å². The number of benzene rings is 2. The highest BCUT2D eigenvalue weighted by atomic mass is 35.5. The third-order valence-corrected chi connectivity index (χ3v) is 12.3. The fraction of sp³-hybridized carbons (Fsp3) is 0.521. The summed E-state index contributed by atoms with van der Waals surface area (Å²) >= 11 is 7.54. The molecule has 2 aliphatic heterocycles. The van der Waals surface area contributed by atoms with Gasteiger partial charge in [0.05, 0.1) is 83.0 Å². The maximum absolute atomic E-state index is 12.9. The largest absolute Gasteiger partial charge is 0.379 e. The van der Waals surface area contributed by atoms with Gasteiger partial charge in [-0.2, -0.15) is 0 Å².